The van der Waals surface area contributed by atoms with E-state index in [9.17, 15) is 8.78 Å². The topological polar surface area (TPSA) is 12.0 Å². The van der Waals surface area contributed by atoms with Crippen molar-refractivity contribution in [3.63, 3.8) is 0 Å². The van der Waals surface area contributed by atoms with Gasteiger partial charge in [0.05, 0.1) is 0 Å². The highest BCUT2D eigenvalue weighted by atomic mass is 19.2. The van der Waals surface area contributed by atoms with Crippen molar-refractivity contribution in [3.05, 3.63) is 42.0 Å². The van der Waals surface area contributed by atoms with E-state index in [1.165, 1.54) is 25.0 Å². The van der Waals surface area contributed by atoms with Gasteiger partial charge in [-0.25, -0.2) is 8.78 Å². The lowest BCUT2D eigenvalue weighted by atomic mass is 9.87. The van der Waals surface area contributed by atoms with E-state index >= 15 is 0 Å². The van der Waals surface area contributed by atoms with E-state index in [1.807, 2.05) is 0 Å². The molecular weight excluding hydrogens is 232 g/mol. The Labute approximate surface area is 106 Å². The fraction of sp³-hybridized carbons (Fsp3) is 0.467. The van der Waals surface area contributed by atoms with E-state index < -0.39 is 11.6 Å². The van der Waals surface area contributed by atoms with Crippen LogP contribution in [0.15, 0.2) is 30.4 Å². The summed E-state index contributed by atoms with van der Waals surface area (Å²) >= 11 is 0. The maximum Gasteiger partial charge on any atom is 0.160 e. The van der Waals surface area contributed by atoms with Gasteiger partial charge < -0.3 is 5.32 Å². The molecule has 0 amide bonds. The average Bonchev–Trinajstić information content (AvgIpc) is 2.96. The van der Waals surface area contributed by atoms with Crippen molar-refractivity contribution in [1.29, 1.82) is 0 Å². The number of benzene rings is 1. The number of fused-ring (bicyclic) bond motifs is 2. The van der Waals surface area contributed by atoms with Crippen LogP contribution in [-0.2, 0) is 0 Å². The van der Waals surface area contributed by atoms with Crippen LogP contribution in [0.4, 0.5) is 14.5 Å². The van der Waals surface area contributed by atoms with E-state index in [0.717, 1.165) is 5.92 Å². The van der Waals surface area contributed by atoms with Crippen molar-refractivity contribution in [2.75, 3.05) is 5.32 Å². The number of anilines is 1. The first-order valence-electron chi connectivity index (χ1n) is 6.53. The molecule has 4 atom stereocenters. The molecule has 0 aromatic heterocycles. The summed E-state index contributed by atoms with van der Waals surface area (Å²) in [5.74, 6) is 0.404. The molecule has 0 heterocycles. The van der Waals surface area contributed by atoms with E-state index in [-0.39, 0.29) is 6.04 Å². The SMILES string of the molecule is CC(Nc1ccc(F)c(F)c1)C1CC2C=CC1C2. The van der Waals surface area contributed by atoms with E-state index in [0.29, 0.717) is 17.5 Å². The third-order valence-electron chi connectivity index (χ3n) is 4.29. The predicted molar refractivity (Wildman–Crippen MR) is 68.3 cm³/mol. The van der Waals surface area contributed by atoms with Crippen LogP contribution >= 0.6 is 0 Å². The van der Waals surface area contributed by atoms with Crippen molar-refractivity contribution < 1.29 is 8.78 Å². The molecule has 1 saturated carbocycles. The summed E-state index contributed by atoms with van der Waals surface area (Å²) in [5, 5.41) is 3.30. The Kier molecular flexibility index (Phi) is 2.84. The van der Waals surface area contributed by atoms with Crippen LogP contribution in [0.2, 0.25) is 0 Å². The van der Waals surface area contributed by atoms with Crippen LogP contribution in [-0.4, -0.2) is 6.04 Å². The lowest BCUT2D eigenvalue weighted by Gasteiger charge is -2.27. The van der Waals surface area contributed by atoms with Gasteiger partial charge in [0, 0.05) is 17.8 Å². The highest BCUT2D eigenvalue weighted by Gasteiger charge is 2.38. The second-order valence-corrected chi connectivity index (χ2v) is 5.51. The Balaban J connectivity index is 1.69. The smallest absolute Gasteiger partial charge is 0.160 e. The molecule has 0 radical (unpaired) electrons. The standard InChI is InChI=1S/C15H17F2N/c1-9(13-7-10-2-3-11(13)6-10)18-12-4-5-14(16)15(17)8-12/h2-5,8-11,13,18H,6-7H2,1H3. The lowest BCUT2D eigenvalue weighted by molar-refractivity contribution is 0.399. The minimum atomic E-state index is -0.795. The van der Waals surface area contributed by atoms with Crippen molar-refractivity contribution in [2.45, 2.75) is 25.8 Å². The van der Waals surface area contributed by atoms with Gasteiger partial charge in [0.15, 0.2) is 11.6 Å². The molecule has 3 heteroatoms. The molecule has 1 nitrogen and oxygen atoms in total. The Morgan fingerprint density at radius 2 is 2.00 bits per heavy atom. The molecule has 96 valence electrons. The third-order valence-corrected chi connectivity index (χ3v) is 4.29. The normalized spacial score (nSPS) is 30.7. The van der Waals surface area contributed by atoms with Gasteiger partial charge in [0.2, 0.25) is 0 Å². The molecule has 2 bridgehead atoms. The van der Waals surface area contributed by atoms with E-state index in [2.05, 4.69) is 24.4 Å². The number of nitrogens with one attached hydrogen (secondary N) is 1. The molecule has 3 rings (SSSR count). The summed E-state index contributed by atoms with van der Waals surface area (Å²) in [6.07, 6.45) is 7.08. The number of halogens is 2. The first kappa shape index (κ1) is 11.7. The maximum absolute atomic E-state index is 13.1. The molecule has 1 N–H and O–H groups in total. The van der Waals surface area contributed by atoms with Gasteiger partial charge in [-0.3, -0.25) is 0 Å². The fourth-order valence-corrected chi connectivity index (χ4v) is 3.35. The lowest BCUT2D eigenvalue weighted by Crippen LogP contribution is -2.28. The van der Waals surface area contributed by atoms with Crippen LogP contribution < -0.4 is 5.32 Å². The summed E-state index contributed by atoms with van der Waals surface area (Å²) in [7, 11) is 0. The molecular formula is C15H17F2N. The average molecular weight is 249 g/mol. The molecule has 2 aliphatic carbocycles. The van der Waals surface area contributed by atoms with Gasteiger partial charge in [0.25, 0.3) is 0 Å². The predicted octanol–water partition coefficient (Wildman–Crippen LogP) is 3.98. The summed E-state index contributed by atoms with van der Waals surface area (Å²) in [6, 6.07) is 4.28. The molecule has 4 unspecified atom stereocenters. The zero-order valence-electron chi connectivity index (χ0n) is 10.4. The molecule has 0 aliphatic heterocycles. The molecule has 0 spiro atoms. The first-order chi connectivity index (χ1) is 8.63. The zero-order chi connectivity index (χ0) is 12.7. The largest absolute Gasteiger partial charge is 0.382 e. The monoisotopic (exact) mass is 249 g/mol. The molecule has 1 aromatic rings. The summed E-state index contributed by atoms with van der Waals surface area (Å²) in [5.41, 5.74) is 0.660. The van der Waals surface area contributed by atoms with Crippen LogP contribution in [0.25, 0.3) is 0 Å². The fourth-order valence-electron chi connectivity index (χ4n) is 3.35. The van der Waals surface area contributed by atoms with Gasteiger partial charge in [-0.2, -0.15) is 0 Å². The molecule has 18 heavy (non-hydrogen) atoms. The summed E-state index contributed by atoms with van der Waals surface area (Å²) in [6.45, 7) is 2.13. The highest BCUT2D eigenvalue weighted by molar-refractivity contribution is 5.44. The minimum Gasteiger partial charge on any atom is -0.382 e. The van der Waals surface area contributed by atoms with Crippen molar-refractivity contribution >= 4 is 5.69 Å². The first-order valence-corrected chi connectivity index (χ1v) is 6.53. The van der Waals surface area contributed by atoms with Crippen LogP contribution in [0.1, 0.15) is 19.8 Å². The summed E-state index contributed by atoms with van der Waals surface area (Å²) in [4.78, 5) is 0. The number of rotatable bonds is 3. The van der Waals surface area contributed by atoms with Crippen LogP contribution in [0.5, 0.6) is 0 Å². The molecule has 2 aliphatic rings. The highest BCUT2D eigenvalue weighted by Crippen LogP contribution is 2.45. The Morgan fingerprint density at radius 1 is 1.17 bits per heavy atom. The Bertz CT molecular complexity index is 483. The Morgan fingerprint density at radius 3 is 2.61 bits per heavy atom. The molecule has 1 fully saturated rings. The second-order valence-electron chi connectivity index (χ2n) is 5.51. The van der Waals surface area contributed by atoms with Gasteiger partial charge >= 0.3 is 0 Å². The number of hydrogen-bond donors (Lipinski definition) is 1. The van der Waals surface area contributed by atoms with Crippen molar-refractivity contribution in [1.82, 2.24) is 0 Å². The van der Waals surface area contributed by atoms with Gasteiger partial charge in [-0.1, -0.05) is 12.2 Å². The van der Waals surface area contributed by atoms with Crippen molar-refractivity contribution in [3.8, 4) is 0 Å². The van der Waals surface area contributed by atoms with Crippen LogP contribution in [0, 0.1) is 29.4 Å². The van der Waals surface area contributed by atoms with E-state index in [1.54, 1.807) is 6.07 Å². The minimum absolute atomic E-state index is 0.287. The molecule has 0 saturated heterocycles. The Hall–Kier alpha value is -1.38. The van der Waals surface area contributed by atoms with Gasteiger partial charge in [-0.15, -0.1) is 0 Å². The number of allylic oxidation sites excluding steroid dienone is 2. The van der Waals surface area contributed by atoms with Gasteiger partial charge in [-0.05, 0) is 49.7 Å². The maximum atomic E-state index is 13.1. The summed E-state index contributed by atoms with van der Waals surface area (Å²) < 4.78 is 26.0. The zero-order valence-corrected chi connectivity index (χ0v) is 10.4. The molecule has 1 aromatic carbocycles. The van der Waals surface area contributed by atoms with Crippen LogP contribution in [0.3, 0.4) is 0 Å². The van der Waals surface area contributed by atoms with Crippen molar-refractivity contribution in [2.24, 2.45) is 17.8 Å². The quantitative estimate of drug-likeness (QED) is 0.799. The van der Waals surface area contributed by atoms with Gasteiger partial charge in [0.1, 0.15) is 0 Å². The number of hydrogen-bond acceptors (Lipinski definition) is 1. The third kappa shape index (κ3) is 2.02. The van der Waals surface area contributed by atoms with E-state index in [4.69, 9.17) is 0 Å². The second kappa shape index (κ2) is 4.38.